The van der Waals surface area contributed by atoms with Gasteiger partial charge in [0.1, 0.15) is 0 Å². The second-order valence-corrected chi connectivity index (χ2v) is 6.20. The highest BCUT2D eigenvalue weighted by molar-refractivity contribution is 8.14. The third kappa shape index (κ3) is 3.48. The van der Waals surface area contributed by atoms with Gasteiger partial charge in [-0.2, -0.15) is 10.2 Å². The Balaban J connectivity index is 1.59. The third-order valence-corrected chi connectivity index (χ3v) is 4.27. The summed E-state index contributed by atoms with van der Waals surface area (Å²) >= 11 is 1.16. The number of aryl methyl sites for hydroxylation is 2. The Bertz CT molecular complexity index is 769. The van der Waals surface area contributed by atoms with Crippen molar-refractivity contribution in [3.63, 3.8) is 0 Å². The lowest BCUT2D eigenvalue weighted by molar-refractivity contribution is -0.116. The summed E-state index contributed by atoms with van der Waals surface area (Å²) in [5.74, 6) is -0.280. The second-order valence-electron chi connectivity index (χ2n) is 5.23. The number of nitrogens with one attached hydrogen (secondary N) is 2. The zero-order valence-electron chi connectivity index (χ0n) is 12.7. The zero-order valence-corrected chi connectivity index (χ0v) is 13.5. The van der Waals surface area contributed by atoms with E-state index in [2.05, 4.69) is 25.9 Å². The molecule has 1 atom stereocenters. The fourth-order valence-corrected chi connectivity index (χ4v) is 2.81. The molecular weight excluding hydrogens is 314 g/mol. The number of aliphatic imine (C=N–C) groups is 1. The molecule has 0 bridgehead atoms. The normalized spacial score (nSPS) is 18.9. The lowest BCUT2D eigenvalue weighted by Crippen LogP contribution is -2.38. The van der Waals surface area contributed by atoms with Crippen LogP contribution in [-0.4, -0.2) is 28.9 Å². The second kappa shape index (κ2) is 6.33. The molecule has 2 aliphatic rings. The Morgan fingerprint density at radius 1 is 1.39 bits per heavy atom. The van der Waals surface area contributed by atoms with E-state index in [4.69, 9.17) is 0 Å². The Labute approximate surface area is 137 Å². The number of nitrogens with zero attached hydrogens (tertiary/aromatic N) is 3. The number of hydrogen-bond acceptors (Lipinski definition) is 6. The first-order valence-electron chi connectivity index (χ1n) is 7.02. The van der Waals surface area contributed by atoms with Gasteiger partial charge in [-0.3, -0.25) is 9.59 Å². The average molecular weight is 329 g/mol. The fraction of sp³-hybridized carbons (Fsp3) is 0.267. The quantitative estimate of drug-likeness (QED) is 0.889. The number of thioether (sulfide) groups is 1. The van der Waals surface area contributed by atoms with Crippen molar-refractivity contribution in [1.82, 2.24) is 5.32 Å². The molecule has 1 aromatic carbocycles. The molecule has 1 aromatic rings. The maximum absolute atomic E-state index is 12.1. The summed E-state index contributed by atoms with van der Waals surface area (Å²) in [4.78, 5) is 28.1. The van der Waals surface area contributed by atoms with Gasteiger partial charge in [0.2, 0.25) is 5.91 Å². The first-order chi connectivity index (χ1) is 11.0. The molecule has 2 N–H and O–H groups in total. The van der Waals surface area contributed by atoms with Gasteiger partial charge in [0.15, 0.2) is 11.3 Å². The molecule has 23 heavy (non-hydrogen) atoms. The summed E-state index contributed by atoms with van der Waals surface area (Å²) in [5, 5.41) is 13.4. The Kier molecular flexibility index (Phi) is 4.24. The van der Waals surface area contributed by atoms with E-state index in [0.29, 0.717) is 10.7 Å². The molecule has 2 aliphatic heterocycles. The lowest BCUT2D eigenvalue weighted by Gasteiger charge is -2.17. The Hall–Kier alpha value is -2.48. The van der Waals surface area contributed by atoms with Crippen molar-refractivity contribution in [2.75, 3.05) is 11.1 Å². The largest absolute Gasteiger partial charge is 0.325 e. The number of amides is 2. The topological polar surface area (TPSA) is 95.3 Å². The van der Waals surface area contributed by atoms with Crippen molar-refractivity contribution in [3.8, 4) is 0 Å². The van der Waals surface area contributed by atoms with E-state index in [9.17, 15) is 9.59 Å². The number of rotatable bonds is 3. The molecular formula is C15H15N5O2S. The summed E-state index contributed by atoms with van der Waals surface area (Å²) in [6.45, 7) is 3.91. The van der Waals surface area contributed by atoms with Crippen LogP contribution in [-0.2, 0) is 9.59 Å². The van der Waals surface area contributed by atoms with E-state index in [1.165, 1.54) is 6.20 Å². The smallest absolute Gasteiger partial charge is 0.258 e. The number of anilines is 1. The van der Waals surface area contributed by atoms with Crippen molar-refractivity contribution < 1.29 is 9.59 Å². The minimum absolute atomic E-state index is 0.148. The number of carbonyl (C=O) groups is 2. The van der Waals surface area contributed by atoms with Gasteiger partial charge in [-0.25, -0.2) is 4.99 Å². The van der Waals surface area contributed by atoms with Crippen LogP contribution in [0.1, 0.15) is 11.1 Å². The number of fused-ring (bicyclic) bond motifs is 1. The molecule has 0 saturated carbocycles. The van der Waals surface area contributed by atoms with Crippen LogP contribution >= 0.6 is 11.8 Å². The molecule has 1 unspecified atom stereocenters. The lowest BCUT2D eigenvalue weighted by atomic mass is 10.1. The van der Waals surface area contributed by atoms with Gasteiger partial charge >= 0.3 is 0 Å². The van der Waals surface area contributed by atoms with Crippen LogP contribution in [0.15, 0.2) is 45.2 Å². The molecule has 0 saturated heterocycles. The maximum atomic E-state index is 12.1. The fourth-order valence-electron chi connectivity index (χ4n) is 2.14. The van der Waals surface area contributed by atoms with Crippen molar-refractivity contribution in [2.45, 2.75) is 20.0 Å². The Morgan fingerprint density at radius 3 is 3.04 bits per heavy atom. The average Bonchev–Trinajstić information content (AvgIpc) is 2.98. The number of hydrogen-bond donors (Lipinski definition) is 2. The van der Waals surface area contributed by atoms with Gasteiger partial charge in [0, 0.05) is 5.69 Å². The van der Waals surface area contributed by atoms with E-state index in [-0.39, 0.29) is 17.6 Å². The van der Waals surface area contributed by atoms with Crippen LogP contribution in [0.5, 0.6) is 0 Å². The zero-order chi connectivity index (χ0) is 16.4. The molecule has 8 heteroatoms. The van der Waals surface area contributed by atoms with Gasteiger partial charge in [-0.15, -0.1) is 0 Å². The van der Waals surface area contributed by atoms with Crippen LogP contribution < -0.4 is 10.6 Å². The summed E-state index contributed by atoms with van der Waals surface area (Å²) in [6, 6.07) is 5.88. The van der Waals surface area contributed by atoms with Crippen molar-refractivity contribution >= 4 is 34.4 Å². The maximum Gasteiger partial charge on any atom is 0.258 e. The molecule has 0 fully saturated rings. The van der Waals surface area contributed by atoms with Crippen LogP contribution in [0.4, 0.5) is 5.69 Å². The van der Waals surface area contributed by atoms with Gasteiger partial charge < -0.3 is 10.6 Å². The van der Waals surface area contributed by atoms with Gasteiger partial charge in [0.05, 0.1) is 17.5 Å². The Morgan fingerprint density at radius 2 is 2.22 bits per heavy atom. The standard InChI is InChI=1S/C15H15N5O2S/c1-8-3-4-9(2)11(5-8)17-12(21)7-23-15-18-13-10(6-16-20-13)14(22)19-15/h3-6,13H,7H2,1-2H3,(H,17,21)(H,18,19,22). The molecule has 118 valence electrons. The van der Waals surface area contributed by atoms with Gasteiger partial charge in [-0.1, -0.05) is 23.9 Å². The number of amidine groups is 1. The number of azo groups is 1. The van der Waals surface area contributed by atoms with Crippen molar-refractivity contribution in [1.29, 1.82) is 0 Å². The monoisotopic (exact) mass is 329 g/mol. The van der Waals surface area contributed by atoms with Gasteiger partial charge in [0.25, 0.3) is 5.91 Å². The van der Waals surface area contributed by atoms with E-state index in [1.807, 2.05) is 32.0 Å². The first kappa shape index (κ1) is 15.4. The molecule has 0 aliphatic carbocycles. The minimum Gasteiger partial charge on any atom is -0.325 e. The van der Waals surface area contributed by atoms with E-state index in [1.54, 1.807) is 0 Å². The summed E-state index contributed by atoms with van der Waals surface area (Å²) in [5.41, 5.74) is 3.29. The van der Waals surface area contributed by atoms with Crippen LogP contribution in [0.3, 0.4) is 0 Å². The molecule has 2 amide bonds. The highest BCUT2D eigenvalue weighted by Crippen LogP contribution is 2.22. The predicted molar refractivity (Wildman–Crippen MR) is 89.3 cm³/mol. The first-order valence-corrected chi connectivity index (χ1v) is 8.00. The minimum atomic E-state index is -0.576. The van der Waals surface area contributed by atoms with E-state index >= 15 is 0 Å². The SMILES string of the molecule is Cc1ccc(C)c(NC(=O)CSC2=NC3N=NC=C3C(=O)N2)c1. The van der Waals surface area contributed by atoms with Crippen LogP contribution in [0.2, 0.25) is 0 Å². The summed E-state index contributed by atoms with van der Waals surface area (Å²) < 4.78 is 0. The number of benzene rings is 1. The highest BCUT2D eigenvalue weighted by atomic mass is 32.2. The van der Waals surface area contributed by atoms with Crippen molar-refractivity contribution in [2.24, 2.45) is 15.2 Å². The molecule has 0 aromatic heterocycles. The molecule has 3 rings (SSSR count). The summed E-state index contributed by atoms with van der Waals surface area (Å²) in [7, 11) is 0. The van der Waals surface area contributed by atoms with Crippen LogP contribution in [0.25, 0.3) is 0 Å². The van der Waals surface area contributed by atoms with Gasteiger partial charge in [-0.05, 0) is 31.0 Å². The highest BCUT2D eigenvalue weighted by Gasteiger charge is 2.29. The predicted octanol–water partition coefficient (Wildman–Crippen LogP) is 2.14. The molecule has 2 heterocycles. The molecule has 7 nitrogen and oxygen atoms in total. The van der Waals surface area contributed by atoms with E-state index in [0.717, 1.165) is 28.6 Å². The van der Waals surface area contributed by atoms with Crippen molar-refractivity contribution in [3.05, 3.63) is 41.1 Å². The molecule has 0 spiro atoms. The molecule has 0 radical (unpaired) electrons. The third-order valence-electron chi connectivity index (χ3n) is 3.38. The van der Waals surface area contributed by atoms with E-state index < -0.39 is 6.17 Å². The number of carbonyl (C=O) groups excluding carboxylic acids is 2. The summed E-state index contributed by atoms with van der Waals surface area (Å²) in [6.07, 6.45) is 0.825. The van der Waals surface area contributed by atoms with Crippen LogP contribution in [0, 0.1) is 13.8 Å².